The van der Waals surface area contributed by atoms with E-state index in [2.05, 4.69) is 5.32 Å². The van der Waals surface area contributed by atoms with E-state index in [1.54, 1.807) is 24.0 Å². The number of piperidine rings is 1. The molecule has 1 aromatic rings. The lowest BCUT2D eigenvalue weighted by Gasteiger charge is -2.31. The van der Waals surface area contributed by atoms with E-state index in [-0.39, 0.29) is 30.1 Å². The number of nitrogens with zero attached hydrogens (tertiary/aromatic N) is 1. The van der Waals surface area contributed by atoms with E-state index in [0.717, 1.165) is 0 Å². The molecule has 2 rings (SSSR count). The number of amides is 3. The van der Waals surface area contributed by atoms with Crippen LogP contribution in [0.2, 0.25) is 0 Å². The van der Waals surface area contributed by atoms with Gasteiger partial charge in [0, 0.05) is 19.1 Å². The summed E-state index contributed by atoms with van der Waals surface area (Å²) < 4.78 is 15.2. The van der Waals surface area contributed by atoms with Crippen LogP contribution in [0.15, 0.2) is 24.3 Å². The zero-order valence-electron chi connectivity index (χ0n) is 16.2. The van der Waals surface area contributed by atoms with Gasteiger partial charge in [-0.3, -0.25) is 9.59 Å². The summed E-state index contributed by atoms with van der Waals surface area (Å²) in [4.78, 5) is 48.4. The number of esters is 1. The largest absolute Gasteiger partial charge is 0.483 e. The van der Waals surface area contributed by atoms with Crippen LogP contribution in [-0.4, -0.2) is 67.7 Å². The number of para-hydroxylation sites is 1. The van der Waals surface area contributed by atoms with Gasteiger partial charge in [0.15, 0.2) is 13.2 Å². The predicted octanol–water partition coefficient (Wildman–Crippen LogP) is 0.445. The smallest absolute Gasteiger partial charge is 0.409 e. The van der Waals surface area contributed by atoms with E-state index >= 15 is 0 Å². The maximum atomic E-state index is 12.2. The molecule has 1 saturated heterocycles. The molecule has 1 aromatic carbocycles. The van der Waals surface area contributed by atoms with Gasteiger partial charge in [0.2, 0.25) is 0 Å². The lowest BCUT2D eigenvalue weighted by Crippen LogP contribution is -2.47. The Balaban J connectivity index is 1.78. The molecule has 0 saturated carbocycles. The minimum absolute atomic E-state index is 0.0873. The molecule has 10 nitrogen and oxygen atoms in total. The molecular weight excluding hydrogens is 382 g/mol. The quantitative estimate of drug-likeness (QED) is 0.597. The van der Waals surface area contributed by atoms with Gasteiger partial charge in [0.05, 0.1) is 6.61 Å². The van der Waals surface area contributed by atoms with Gasteiger partial charge >= 0.3 is 12.1 Å². The van der Waals surface area contributed by atoms with E-state index in [9.17, 15) is 19.2 Å². The average molecular weight is 407 g/mol. The third-order valence-corrected chi connectivity index (χ3v) is 4.20. The van der Waals surface area contributed by atoms with Crippen LogP contribution in [0.25, 0.3) is 0 Å². The summed E-state index contributed by atoms with van der Waals surface area (Å²) in [6.45, 7) is 2.19. The van der Waals surface area contributed by atoms with Crippen molar-refractivity contribution in [3.8, 4) is 5.75 Å². The van der Waals surface area contributed by atoms with Gasteiger partial charge < -0.3 is 30.2 Å². The van der Waals surface area contributed by atoms with Crippen molar-refractivity contribution >= 4 is 23.9 Å². The number of carbonyl (C=O) groups excluding carboxylic acids is 4. The molecule has 29 heavy (non-hydrogen) atoms. The molecule has 0 aromatic heterocycles. The van der Waals surface area contributed by atoms with Crippen LogP contribution in [0.3, 0.4) is 0 Å². The number of likely N-dealkylation sites (tertiary alicyclic amines) is 1. The Labute approximate surface area is 168 Å². The molecule has 0 radical (unpaired) electrons. The Morgan fingerprint density at radius 1 is 1.10 bits per heavy atom. The van der Waals surface area contributed by atoms with Crippen LogP contribution in [-0.2, 0) is 19.1 Å². The molecule has 0 unspecified atom stereocenters. The van der Waals surface area contributed by atoms with E-state index in [1.165, 1.54) is 12.1 Å². The summed E-state index contributed by atoms with van der Waals surface area (Å²) in [5, 5.41) is 2.78. The zero-order valence-corrected chi connectivity index (χ0v) is 16.2. The Kier molecular flexibility index (Phi) is 8.26. The van der Waals surface area contributed by atoms with Crippen molar-refractivity contribution in [3.63, 3.8) is 0 Å². The second-order valence-corrected chi connectivity index (χ2v) is 6.36. The number of benzene rings is 1. The second kappa shape index (κ2) is 10.9. The molecule has 3 N–H and O–H groups in total. The minimum atomic E-state index is -0.752. The molecule has 10 heteroatoms. The molecule has 0 aliphatic carbocycles. The maximum Gasteiger partial charge on any atom is 0.409 e. The Bertz CT molecular complexity index is 745. The average Bonchev–Trinajstić information content (AvgIpc) is 2.71. The summed E-state index contributed by atoms with van der Waals surface area (Å²) in [5.41, 5.74) is 5.12. The number of rotatable bonds is 8. The Hall–Kier alpha value is -3.30. The van der Waals surface area contributed by atoms with Crippen LogP contribution >= 0.6 is 0 Å². The van der Waals surface area contributed by atoms with Gasteiger partial charge in [-0.1, -0.05) is 12.1 Å². The topological polar surface area (TPSA) is 137 Å². The first-order valence-corrected chi connectivity index (χ1v) is 9.29. The van der Waals surface area contributed by atoms with Crippen LogP contribution in [0.5, 0.6) is 5.75 Å². The summed E-state index contributed by atoms with van der Waals surface area (Å²) in [7, 11) is 0. The van der Waals surface area contributed by atoms with Gasteiger partial charge in [-0.25, -0.2) is 9.59 Å². The monoisotopic (exact) mass is 407 g/mol. The number of carbonyl (C=O) groups is 4. The molecule has 0 atom stereocenters. The van der Waals surface area contributed by atoms with Crippen LogP contribution in [0.4, 0.5) is 4.79 Å². The number of nitrogens with one attached hydrogen (secondary N) is 1. The maximum absolute atomic E-state index is 12.2. The van der Waals surface area contributed by atoms with Crippen LogP contribution in [0, 0.1) is 0 Å². The summed E-state index contributed by atoms with van der Waals surface area (Å²) in [6.07, 6.45) is 0.813. The lowest BCUT2D eigenvalue weighted by atomic mass is 10.1. The van der Waals surface area contributed by atoms with Crippen molar-refractivity contribution in [1.82, 2.24) is 10.2 Å². The fourth-order valence-electron chi connectivity index (χ4n) is 2.81. The van der Waals surface area contributed by atoms with Crippen molar-refractivity contribution in [2.24, 2.45) is 5.73 Å². The van der Waals surface area contributed by atoms with Crippen molar-refractivity contribution in [3.05, 3.63) is 29.8 Å². The molecule has 3 amide bonds. The second-order valence-electron chi connectivity index (χ2n) is 6.36. The van der Waals surface area contributed by atoms with Gasteiger partial charge in [-0.15, -0.1) is 0 Å². The molecule has 1 aliphatic rings. The van der Waals surface area contributed by atoms with Crippen LogP contribution < -0.4 is 15.8 Å². The third-order valence-electron chi connectivity index (χ3n) is 4.20. The molecule has 1 fully saturated rings. The normalized spacial score (nSPS) is 14.0. The lowest BCUT2D eigenvalue weighted by molar-refractivity contribution is -0.125. The van der Waals surface area contributed by atoms with Crippen molar-refractivity contribution in [2.75, 3.05) is 32.9 Å². The van der Waals surface area contributed by atoms with E-state index < -0.39 is 24.4 Å². The Morgan fingerprint density at radius 2 is 1.79 bits per heavy atom. The highest BCUT2D eigenvalue weighted by Crippen LogP contribution is 2.19. The van der Waals surface area contributed by atoms with Crippen molar-refractivity contribution in [2.45, 2.75) is 25.8 Å². The first-order chi connectivity index (χ1) is 13.9. The van der Waals surface area contributed by atoms with Crippen molar-refractivity contribution < 1.29 is 33.4 Å². The Morgan fingerprint density at radius 3 is 2.45 bits per heavy atom. The standard InChI is InChI=1S/C19H25N3O7/c1-2-27-19(26)22-9-7-13(8-10-22)21-17(24)12-29-18(25)14-5-3-4-6-15(14)28-11-16(20)23/h3-6,13H,2,7-12H2,1H3,(H2,20,23)(H,21,24). The fourth-order valence-corrected chi connectivity index (χ4v) is 2.81. The zero-order chi connectivity index (χ0) is 21.2. The fraction of sp³-hybridized carbons (Fsp3) is 0.474. The number of hydrogen-bond acceptors (Lipinski definition) is 7. The molecular formula is C19H25N3O7. The first kappa shape index (κ1) is 22.0. The third kappa shape index (κ3) is 6.98. The molecule has 0 bridgehead atoms. The molecule has 1 aliphatic heterocycles. The van der Waals surface area contributed by atoms with E-state index in [1.807, 2.05) is 0 Å². The molecule has 1 heterocycles. The number of primary amides is 1. The first-order valence-electron chi connectivity index (χ1n) is 9.29. The highest BCUT2D eigenvalue weighted by molar-refractivity contribution is 5.94. The minimum Gasteiger partial charge on any atom is -0.483 e. The predicted molar refractivity (Wildman–Crippen MR) is 101 cm³/mol. The van der Waals surface area contributed by atoms with E-state index in [4.69, 9.17) is 19.9 Å². The highest BCUT2D eigenvalue weighted by atomic mass is 16.6. The number of nitrogens with two attached hydrogens (primary N) is 1. The highest BCUT2D eigenvalue weighted by Gasteiger charge is 2.25. The number of hydrogen-bond donors (Lipinski definition) is 2. The van der Waals surface area contributed by atoms with Gasteiger partial charge in [-0.05, 0) is 31.9 Å². The van der Waals surface area contributed by atoms with Gasteiger partial charge in [-0.2, -0.15) is 0 Å². The summed E-state index contributed by atoms with van der Waals surface area (Å²) in [5.74, 6) is -1.73. The summed E-state index contributed by atoms with van der Waals surface area (Å²) >= 11 is 0. The van der Waals surface area contributed by atoms with Crippen LogP contribution in [0.1, 0.15) is 30.1 Å². The molecule has 158 valence electrons. The van der Waals surface area contributed by atoms with Gasteiger partial charge in [0.1, 0.15) is 11.3 Å². The molecule has 0 spiro atoms. The van der Waals surface area contributed by atoms with Crippen molar-refractivity contribution in [1.29, 1.82) is 0 Å². The summed E-state index contributed by atoms with van der Waals surface area (Å²) in [6, 6.07) is 6.07. The van der Waals surface area contributed by atoms with Gasteiger partial charge in [0.25, 0.3) is 11.8 Å². The van der Waals surface area contributed by atoms with E-state index in [0.29, 0.717) is 32.5 Å². The SMILES string of the molecule is CCOC(=O)N1CCC(NC(=O)COC(=O)c2ccccc2OCC(N)=O)CC1. The number of ether oxygens (including phenoxy) is 3.